The van der Waals surface area contributed by atoms with Crippen LogP contribution in [0.15, 0.2) is 42.5 Å². The molecule has 0 bridgehead atoms. The minimum absolute atomic E-state index is 0.669. The molecule has 0 saturated heterocycles. The van der Waals surface area contributed by atoms with Gasteiger partial charge in [0.2, 0.25) is 0 Å². The molecule has 0 aliphatic heterocycles. The first-order valence-electron chi connectivity index (χ1n) is 6.11. The molecule has 2 rings (SSSR count). The van der Waals surface area contributed by atoms with Crippen molar-refractivity contribution >= 4 is 11.4 Å². The topological polar surface area (TPSA) is 35.8 Å². The van der Waals surface area contributed by atoms with Crippen LogP contribution < -0.4 is 5.32 Å². The summed E-state index contributed by atoms with van der Waals surface area (Å²) < 4.78 is 0. The Morgan fingerprint density at radius 1 is 1.11 bits per heavy atom. The van der Waals surface area contributed by atoms with Gasteiger partial charge >= 0.3 is 0 Å². The Bertz CT molecular complexity index is 594. The van der Waals surface area contributed by atoms with Gasteiger partial charge in [0.1, 0.15) is 6.07 Å². The second-order valence-corrected chi connectivity index (χ2v) is 4.24. The summed E-state index contributed by atoms with van der Waals surface area (Å²) in [5, 5.41) is 12.5. The average molecular weight is 236 g/mol. The Kier molecular flexibility index (Phi) is 3.64. The summed E-state index contributed by atoms with van der Waals surface area (Å²) >= 11 is 0. The normalized spacial score (nSPS) is 9.83. The predicted molar refractivity (Wildman–Crippen MR) is 75.0 cm³/mol. The lowest BCUT2D eigenvalue weighted by Gasteiger charge is -2.14. The molecule has 0 amide bonds. The van der Waals surface area contributed by atoms with Gasteiger partial charge in [-0.25, -0.2) is 0 Å². The fourth-order valence-electron chi connectivity index (χ4n) is 2.03. The average Bonchev–Trinajstić information content (AvgIpc) is 2.41. The maximum absolute atomic E-state index is 9.10. The first kappa shape index (κ1) is 12.2. The zero-order valence-corrected chi connectivity index (χ0v) is 10.7. The van der Waals surface area contributed by atoms with Crippen molar-refractivity contribution in [1.29, 1.82) is 5.26 Å². The number of nitrogens with one attached hydrogen (secondary N) is 1. The molecule has 0 unspecified atom stereocenters. The first-order valence-corrected chi connectivity index (χ1v) is 6.11. The summed E-state index contributed by atoms with van der Waals surface area (Å²) in [6.45, 7) is 4.21. The van der Waals surface area contributed by atoms with Crippen LogP contribution in [0.4, 0.5) is 11.4 Å². The van der Waals surface area contributed by atoms with Crippen LogP contribution in [0, 0.1) is 18.3 Å². The quantitative estimate of drug-likeness (QED) is 0.868. The monoisotopic (exact) mass is 236 g/mol. The predicted octanol–water partition coefficient (Wildman–Crippen LogP) is 4.17. The van der Waals surface area contributed by atoms with Gasteiger partial charge in [-0.15, -0.1) is 0 Å². The van der Waals surface area contributed by atoms with E-state index in [1.165, 1.54) is 11.1 Å². The van der Waals surface area contributed by atoms with E-state index >= 15 is 0 Å². The highest BCUT2D eigenvalue weighted by atomic mass is 14.9. The van der Waals surface area contributed by atoms with Crippen LogP contribution in [0.25, 0.3) is 0 Å². The van der Waals surface area contributed by atoms with Crippen LogP contribution in [-0.2, 0) is 6.42 Å². The Balaban J connectivity index is 2.43. The molecule has 0 aliphatic carbocycles. The highest BCUT2D eigenvalue weighted by molar-refractivity contribution is 5.70. The van der Waals surface area contributed by atoms with Crippen molar-refractivity contribution in [3.05, 3.63) is 59.2 Å². The third-order valence-electron chi connectivity index (χ3n) is 3.05. The Hall–Kier alpha value is -2.27. The van der Waals surface area contributed by atoms with Crippen molar-refractivity contribution in [1.82, 2.24) is 0 Å². The minimum atomic E-state index is 0.669. The second kappa shape index (κ2) is 5.37. The number of para-hydroxylation sites is 2. The highest BCUT2D eigenvalue weighted by Crippen LogP contribution is 2.26. The van der Waals surface area contributed by atoms with Gasteiger partial charge in [0.05, 0.1) is 11.3 Å². The lowest BCUT2D eigenvalue weighted by molar-refractivity contribution is 1.13. The van der Waals surface area contributed by atoms with E-state index in [2.05, 4.69) is 43.4 Å². The number of hydrogen-bond donors (Lipinski definition) is 1. The van der Waals surface area contributed by atoms with Crippen LogP contribution in [-0.4, -0.2) is 0 Å². The molecule has 0 heterocycles. The van der Waals surface area contributed by atoms with Gasteiger partial charge in [0, 0.05) is 5.69 Å². The molecule has 2 aromatic carbocycles. The van der Waals surface area contributed by atoms with E-state index in [1.54, 1.807) is 0 Å². The number of nitrogens with zero attached hydrogens (tertiary/aromatic N) is 1. The summed E-state index contributed by atoms with van der Waals surface area (Å²) in [5.74, 6) is 0. The van der Waals surface area contributed by atoms with Gasteiger partial charge in [0.15, 0.2) is 0 Å². The van der Waals surface area contributed by atoms with Crippen molar-refractivity contribution < 1.29 is 0 Å². The lowest BCUT2D eigenvalue weighted by atomic mass is 10.0. The Labute approximate surface area is 108 Å². The number of rotatable bonds is 3. The number of aryl methyl sites for hydroxylation is 2. The third kappa shape index (κ3) is 2.36. The molecule has 2 heteroatoms. The van der Waals surface area contributed by atoms with E-state index < -0.39 is 0 Å². The van der Waals surface area contributed by atoms with Gasteiger partial charge in [-0.1, -0.05) is 37.3 Å². The van der Waals surface area contributed by atoms with E-state index in [9.17, 15) is 0 Å². The minimum Gasteiger partial charge on any atom is -0.354 e. The van der Waals surface area contributed by atoms with Crippen molar-refractivity contribution in [3.63, 3.8) is 0 Å². The van der Waals surface area contributed by atoms with E-state index in [4.69, 9.17) is 5.26 Å². The van der Waals surface area contributed by atoms with E-state index in [-0.39, 0.29) is 0 Å². The molecule has 2 nitrogen and oxygen atoms in total. The molecule has 0 spiro atoms. The summed E-state index contributed by atoms with van der Waals surface area (Å²) in [5.41, 5.74) is 5.11. The fourth-order valence-corrected chi connectivity index (χ4v) is 2.03. The molecule has 0 atom stereocenters. The van der Waals surface area contributed by atoms with Crippen molar-refractivity contribution in [2.75, 3.05) is 5.32 Å². The largest absolute Gasteiger partial charge is 0.354 e. The van der Waals surface area contributed by atoms with E-state index in [1.807, 2.05) is 24.3 Å². The molecular weight excluding hydrogens is 220 g/mol. The van der Waals surface area contributed by atoms with Crippen molar-refractivity contribution in [2.24, 2.45) is 0 Å². The number of nitriles is 1. The van der Waals surface area contributed by atoms with Crippen LogP contribution in [0.5, 0.6) is 0 Å². The van der Waals surface area contributed by atoms with Gasteiger partial charge in [-0.3, -0.25) is 0 Å². The van der Waals surface area contributed by atoms with Crippen LogP contribution in [0.3, 0.4) is 0 Å². The molecule has 0 radical (unpaired) electrons. The summed E-state index contributed by atoms with van der Waals surface area (Å²) in [6.07, 6.45) is 0.971. The molecule has 18 heavy (non-hydrogen) atoms. The van der Waals surface area contributed by atoms with Crippen molar-refractivity contribution in [3.8, 4) is 6.07 Å². The first-order chi connectivity index (χ1) is 8.76. The summed E-state index contributed by atoms with van der Waals surface area (Å²) in [4.78, 5) is 0. The summed E-state index contributed by atoms with van der Waals surface area (Å²) in [7, 11) is 0. The van der Waals surface area contributed by atoms with E-state index in [0.717, 1.165) is 17.8 Å². The zero-order valence-electron chi connectivity index (χ0n) is 10.7. The maximum atomic E-state index is 9.10. The standard InChI is InChI=1S/C16H16N2/c1-3-13-9-6-7-12(2)16(13)18-15-10-5-4-8-14(15)11-17/h4-10,18H,3H2,1-2H3. The third-order valence-corrected chi connectivity index (χ3v) is 3.05. The Morgan fingerprint density at radius 3 is 2.61 bits per heavy atom. The SMILES string of the molecule is CCc1cccc(C)c1Nc1ccccc1C#N. The Morgan fingerprint density at radius 2 is 1.89 bits per heavy atom. The highest BCUT2D eigenvalue weighted by Gasteiger charge is 2.06. The van der Waals surface area contributed by atoms with Gasteiger partial charge in [-0.2, -0.15) is 5.26 Å². The second-order valence-electron chi connectivity index (χ2n) is 4.24. The van der Waals surface area contributed by atoms with Gasteiger partial charge < -0.3 is 5.32 Å². The number of hydrogen-bond acceptors (Lipinski definition) is 2. The molecule has 0 fully saturated rings. The fraction of sp³-hybridized carbons (Fsp3) is 0.188. The van der Waals surface area contributed by atoms with Gasteiger partial charge in [0.25, 0.3) is 0 Å². The smallest absolute Gasteiger partial charge is 0.101 e. The number of benzene rings is 2. The van der Waals surface area contributed by atoms with E-state index in [0.29, 0.717) is 5.56 Å². The van der Waals surface area contributed by atoms with Crippen LogP contribution >= 0.6 is 0 Å². The molecule has 0 saturated carbocycles. The molecule has 2 aromatic rings. The summed E-state index contributed by atoms with van der Waals surface area (Å²) in [6, 6.07) is 16.0. The molecular formula is C16H16N2. The molecule has 0 aliphatic rings. The number of anilines is 2. The van der Waals surface area contributed by atoms with Crippen molar-refractivity contribution in [2.45, 2.75) is 20.3 Å². The molecule has 0 aromatic heterocycles. The lowest BCUT2D eigenvalue weighted by Crippen LogP contribution is -1.99. The zero-order chi connectivity index (χ0) is 13.0. The molecule has 90 valence electrons. The molecule has 1 N–H and O–H groups in total. The maximum Gasteiger partial charge on any atom is 0.101 e. The van der Waals surface area contributed by atoms with Crippen LogP contribution in [0.1, 0.15) is 23.6 Å². The van der Waals surface area contributed by atoms with Gasteiger partial charge in [-0.05, 0) is 36.6 Å². The van der Waals surface area contributed by atoms with Crippen LogP contribution in [0.2, 0.25) is 0 Å².